The van der Waals surface area contributed by atoms with E-state index in [0.29, 0.717) is 26.0 Å². The number of azo groups is 1. The Balaban J connectivity index is 2.19. The van der Waals surface area contributed by atoms with Crippen LogP contribution in [0.4, 0.5) is 17.1 Å². The predicted octanol–water partition coefficient (Wildman–Crippen LogP) is 5.50. The lowest BCUT2D eigenvalue weighted by Gasteiger charge is -2.09. The van der Waals surface area contributed by atoms with Gasteiger partial charge in [0.05, 0.1) is 11.4 Å². The van der Waals surface area contributed by atoms with Crippen molar-refractivity contribution in [3.05, 3.63) is 58.0 Å². The summed E-state index contributed by atoms with van der Waals surface area (Å²) in [6.07, 6.45) is 0. The second-order valence-corrected chi connectivity index (χ2v) is 7.80. The van der Waals surface area contributed by atoms with E-state index in [1.54, 1.807) is 42.5 Å². The minimum atomic E-state index is -4.45. The van der Waals surface area contributed by atoms with E-state index in [1.165, 1.54) is 6.07 Å². The van der Waals surface area contributed by atoms with Crippen LogP contribution in [0.3, 0.4) is 0 Å². The number of nitrogen functional groups attached to an aromatic ring is 1. The first-order chi connectivity index (χ1) is 11.8. The monoisotopic (exact) mass is 439 g/mol. The van der Waals surface area contributed by atoms with Crippen LogP contribution in [0.5, 0.6) is 0 Å². The van der Waals surface area contributed by atoms with Crippen LogP contribution in [0.15, 0.2) is 68.1 Å². The lowest BCUT2D eigenvalue weighted by Crippen LogP contribution is -2.01. The molecular weight excluding hydrogens is 430 g/mol. The summed E-state index contributed by atoms with van der Waals surface area (Å²) in [5.74, 6) is 0. The van der Waals surface area contributed by atoms with Crippen molar-refractivity contribution in [1.82, 2.24) is 0 Å². The zero-order valence-corrected chi connectivity index (χ0v) is 15.7. The summed E-state index contributed by atoms with van der Waals surface area (Å²) in [6.45, 7) is 0. The third-order valence-corrected chi connectivity index (χ3v) is 5.24. The second kappa shape index (κ2) is 6.72. The molecular formula is C16H11BrClN3O3S. The lowest BCUT2D eigenvalue weighted by molar-refractivity contribution is 0.484. The van der Waals surface area contributed by atoms with Gasteiger partial charge in [-0.25, -0.2) is 0 Å². The third kappa shape index (κ3) is 3.67. The Morgan fingerprint density at radius 1 is 1.00 bits per heavy atom. The minimum absolute atomic E-state index is 0.133. The molecule has 3 N–H and O–H groups in total. The molecule has 0 saturated heterocycles. The van der Waals surface area contributed by atoms with Crippen molar-refractivity contribution < 1.29 is 13.0 Å². The van der Waals surface area contributed by atoms with Crippen LogP contribution in [0.1, 0.15) is 0 Å². The van der Waals surface area contributed by atoms with Gasteiger partial charge in [-0.15, -0.1) is 10.2 Å². The van der Waals surface area contributed by atoms with Crippen LogP contribution in [-0.2, 0) is 10.1 Å². The Kier molecular flexibility index (Phi) is 4.79. The Hall–Kier alpha value is -2.00. The topological polar surface area (TPSA) is 105 Å². The summed E-state index contributed by atoms with van der Waals surface area (Å²) in [5, 5.41) is 9.42. The summed E-state index contributed by atoms with van der Waals surface area (Å²) in [5.41, 5.74) is 6.98. The number of hydrogen-bond acceptors (Lipinski definition) is 5. The summed E-state index contributed by atoms with van der Waals surface area (Å²) < 4.78 is 33.5. The van der Waals surface area contributed by atoms with Crippen molar-refractivity contribution >= 4 is 65.5 Å². The number of hydrogen-bond donors (Lipinski definition) is 2. The van der Waals surface area contributed by atoms with Gasteiger partial charge in [-0.2, -0.15) is 8.42 Å². The Morgan fingerprint density at radius 2 is 1.64 bits per heavy atom. The first-order valence-corrected chi connectivity index (χ1v) is 9.54. The Morgan fingerprint density at radius 3 is 2.28 bits per heavy atom. The molecule has 0 aromatic heterocycles. The van der Waals surface area contributed by atoms with Gasteiger partial charge >= 0.3 is 0 Å². The molecule has 0 aliphatic heterocycles. The molecule has 25 heavy (non-hydrogen) atoms. The molecule has 0 saturated carbocycles. The molecule has 0 spiro atoms. The summed E-state index contributed by atoms with van der Waals surface area (Å²) in [4.78, 5) is -0.276. The normalized spacial score (nSPS) is 12.1. The van der Waals surface area contributed by atoms with E-state index in [4.69, 9.17) is 17.3 Å². The van der Waals surface area contributed by atoms with Crippen LogP contribution in [0, 0.1) is 0 Å². The van der Waals surface area contributed by atoms with Gasteiger partial charge in [0.1, 0.15) is 10.6 Å². The number of anilines is 1. The molecule has 6 nitrogen and oxygen atoms in total. The van der Waals surface area contributed by atoms with Crippen molar-refractivity contribution in [3.8, 4) is 0 Å². The highest BCUT2D eigenvalue weighted by Crippen LogP contribution is 2.37. The zero-order valence-electron chi connectivity index (χ0n) is 12.5. The van der Waals surface area contributed by atoms with Crippen LogP contribution >= 0.6 is 27.5 Å². The molecule has 3 aromatic carbocycles. The number of nitrogens with zero attached hydrogens (tertiary/aromatic N) is 2. The summed E-state index contributed by atoms with van der Waals surface area (Å²) in [6, 6.07) is 12.7. The number of rotatable bonds is 3. The molecule has 0 radical (unpaired) electrons. The standard InChI is InChI=1S/C16H11BrClN3O3S/c17-12-7-9(18)5-6-13(12)20-21-14-8-15(25(22,23)24)10-3-1-2-4-11(10)16(14)19/h1-8H,19H2,(H,22,23,24)/b21-20+. The second-order valence-electron chi connectivity index (χ2n) is 5.12. The van der Waals surface area contributed by atoms with E-state index in [9.17, 15) is 13.0 Å². The van der Waals surface area contributed by atoms with Gasteiger partial charge in [0.25, 0.3) is 10.1 Å². The van der Waals surface area contributed by atoms with Gasteiger partial charge in [-0.1, -0.05) is 35.9 Å². The molecule has 128 valence electrons. The zero-order chi connectivity index (χ0) is 18.2. The van der Waals surface area contributed by atoms with E-state index in [2.05, 4.69) is 26.2 Å². The van der Waals surface area contributed by atoms with Crippen molar-refractivity contribution in [2.24, 2.45) is 10.2 Å². The maximum atomic E-state index is 11.7. The lowest BCUT2D eigenvalue weighted by atomic mass is 10.1. The van der Waals surface area contributed by atoms with Crippen molar-refractivity contribution in [2.45, 2.75) is 4.90 Å². The molecule has 0 aliphatic carbocycles. The fourth-order valence-electron chi connectivity index (χ4n) is 2.32. The van der Waals surface area contributed by atoms with Gasteiger partial charge in [-0.3, -0.25) is 4.55 Å². The summed E-state index contributed by atoms with van der Waals surface area (Å²) in [7, 11) is -4.45. The van der Waals surface area contributed by atoms with E-state index in [1.807, 2.05) is 0 Å². The van der Waals surface area contributed by atoms with Crippen LogP contribution in [0.25, 0.3) is 10.8 Å². The maximum absolute atomic E-state index is 11.7. The molecule has 9 heteroatoms. The van der Waals surface area contributed by atoms with Crippen LogP contribution in [-0.4, -0.2) is 13.0 Å². The molecule has 0 aliphatic rings. The Labute approximate surface area is 157 Å². The molecule has 0 unspecified atom stereocenters. The SMILES string of the molecule is Nc1c(/N=N/c2ccc(Cl)cc2Br)cc(S(=O)(=O)O)c2ccccc12. The van der Waals surface area contributed by atoms with Crippen molar-refractivity contribution in [2.75, 3.05) is 5.73 Å². The van der Waals surface area contributed by atoms with Gasteiger partial charge in [0.2, 0.25) is 0 Å². The third-order valence-electron chi connectivity index (χ3n) is 3.48. The molecule has 0 fully saturated rings. The average molecular weight is 441 g/mol. The number of benzene rings is 3. The fraction of sp³-hybridized carbons (Fsp3) is 0. The van der Waals surface area contributed by atoms with E-state index >= 15 is 0 Å². The van der Waals surface area contributed by atoms with Crippen molar-refractivity contribution in [3.63, 3.8) is 0 Å². The molecule has 0 amide bonds. The highest BCUT2D eigenvalue weighted by atomic mass is 79.9. The number of fused-ring (bicyclic) bond motifs is 1. The van der Waals surface area contributed by atoms with Gasteiger partial charge in [-0.05, 0) is 40.2 Å². The molecule has 0 heterocycles. The van der Waals surface area contributed by atoms with E-state index in [0.717, 1.165) is 0 Å². The number of halogens is 2. The number of nitrogens with two attached hydrogens (primary N) is 1. The van der Waals surface area contributed by atoms with Gasteiger partial charge in [0.15, 0.2) is 0 Å². The molecule has 0 bridgehead atoms. The minimum Gasteiger partial charge on any atom is -0.396 e. The smallest absolute Gasteiger partial charge is 0.295 e. The molecule has 0 atom stereocenters. The first kappa shape index (κ1) is 17.8. The molecule has 3 rings (SSSR count). The fourth-order valence-corrected chi connectivity index (χ4v) is 3.80. The van der Waals surface area contributed by atoms with Crippen LogP contribution < -0.4 is 5.73 Å². The van der Waals surface area contributed by atoms with Crippen LogP contribution in [0.2, 0.25) is 5.02 Å². The van der Waals surface area contributed by atoms with E-state index in [-0.39, 0.29) is 16.3 Å². The maximum Gasteiger partial charge on any atom is 0.295 e. The van der Waals surface area contributed by atoms with E-state index < -0.39 is 10.1 Å². The quantitative estimate of drug-likeness (QED) is 0.318. The van der Waals surface area contributed by atoms with Gasteiger partial charge < -0.3 is 5.73 Å². The average Bonchev–Trinajstić information content (AvgIpc) is 2.54. The predicted molar refractivity (Wildman–Crippen MR) is 102 cm³/mol. The first-order valence-electron chi connectivity index (χ1n) is 6.93. The van der Waals surface area contributed by atoms with Gasteiger partial charge in [0, 0.05) is 20.3 Å². The molecule has 3 aromatic rings. The Bertz CT molecular complexity index is 1120. The highest BCUT2D eigenvalue weighted by molar-refractivity contribution is 9.10. The largest absolute Gasteiger partial charge is 0.396 e. The summed E-state index contributed by atoms with van der Waals surface area (Å²) >= 11 is 9.20. The highest BCUT2D eigenvalue weighted by Gasteiger charge is 2.18. The van der Waals surface area contributed by atoms with Crippen molar-refractivity contribution in [1.29, 1.82) is 0 Å².